The molecule has 0 unspecified atom stereocenters. The highest BCUT2D eigenvalue weighted by molar-refractivity contribution is 5.90. The molecule has 0 amide bonds. The Morgan fingerprint density at radius 3 is 2.80 bits per heavy atom. The van der Waals surface area contributed by atoms with Crippen molar-refractivity contribution >= 4 is 18.4 Å². The lowest BCUT2D eigenvalue weighted by molar-refractivity contribution is 0.0415. The van der Waals surface area contributed by atoms with Gasteiger partial charge >= 0.3 is 5.97 Å². The van der Waals surface area contributed by atoms with E-state index in [0.717, 1.165) is 25.9 Å². The minimum absolute atomic E-state index is 0. The van der Waals surface area contributed by atoms with Gasteiger partial charge in [-0.15, -0.1) is 12.4 Å². The normalized spacial score (nSPS) is 17.4. The summed E-state index contributed by atoms with van der Waals surface area (Å²) in [6.45, 7) is 2.72. The van der Waals surface area contributed by atoms with Crippen LogP contribution in [0.3, 0.4) is 0 Å². The summed E-state index contributed by atoms with van der Waals surface area (Å²) in [5.74, 6) is 1.46. The van der Waals surface area contributed by atoms with Gasteiger partial charge in [0.15, 0.2) is 11.5 Å². The molecule has 1 aromatic rings. The number of esters is 1. The van der Waals surface area contributed by atoms with Crippen LogP contribution in [0.5, 0.6) is 11.5 Å². The lowest BCUT2D eigenvalue weighted by Gasteiger charge is -2.22. The Labute approximate surface area is 124 Å². The van der Waals surface area contributed by atoms with E-state index in [1.165, 1.54) is 0 Å². The molecule has 20 heavy (non-hydrogen) atoms. The fourth-order valence-corrected chi connectivity index (χ4v) is 2.35. The number of carbonyl (C=O) groups excluding carboxylic acids is 1. The number of ether oxygens (including phenoxy) is 3. The molecule has 110 valence electrons. The van der Waals surface area contributed by atoms with Gasteiger partial charge in [-0.1, -0.05) is 0 Å². The van der Waals surface area contributed by atoms with E-state index < -0.39 is 0 Å². The zero-order valence-corrected chi connectivity index (χ0v) is 11.9. The van der Waals surface area contributed by atoms with E-state index in [1.54, 1.807) is 18.2 Å². The first-order valence-electron chi connectivity index (χ1n) is 6.60. The fourth-order valence-electron chi connectivity index (χ4n) is 2.35. The summed E-state index contributed by atoms with van der Waals surface area (Å²) >= 11 is 0. The fraction of sp³-hybridized carbons (Fsp3) is 0.500. The number of hydrogen-bond acceptors (Lipinski definition) is 5. The summed E-state index contributed by atoms with van der Waals surface area (Å²) in [5, 5.41) is 3.29. The summed E-state index contributed by atoms with van der Waals surface area (Å²) in [6, 6.07) is 5.12. The van der Waals surface area contributed by atoms with Crippen LogP contribution in [0.2, 0.25) is 0 Å². The molecule has 1 fully saturated rings. The molecule has 0 atom stereocenters. The number of fused-ring (bicyclic) bond motifs is 1. The van der Waals surface area contributed by atoms with E-state index in [-0.39, 0.29) is 25.2 Å². The maximum absolute atomic E-state index is 12.0. The molecule has 2 aliphatic rings. The Hall–Kier alpha value is -1.46. The molecule has 6 heteroatoms. The zero-order chi connectivity index (χ0) is 13.1. The van der Waals surface area contributed by atoms with Crippen LogP contribution in [-0.4, -0.2) is 32.5 Å². The first-order chi connectivity index (χ1) is 9.33. The quantitative estimate of drug-likeness (QED) is 0.865. The molecule has 0 radical (unpaired) electrons. The predicted molar refractivity (Wildman–Crippen MR) is 75.7 cm³/mol. The summed E-state index contributed by atoms with van der Waals surface area (Å²) < 4.78 is 15.8. The van der Waals surface area contributed by atoms with E-state index in [0.29, 0.717) is 29.6 Å². The van der Waals surface area contributed by atoms with Crippen molar-refractivity contribution in [1.29, 1.82) is 0 Å². The summed E-state index contributed by atoms with van der Waals surface area (Å²) in [6.07, 6.45) is 2.13. The topological polar surface area (TPSA) is 56.8 Å². The van der Waals surface area contributed by atoms with Crippen molar-refractivity contribution in [3.63, 3.8) is 0 Å². The van der Waals surface area contributed by atoms with Crippen LogP contribution in [0.1, 0.15) is 23.2 Å². The Morgan fingerprint density at radius 1 is 1.25 bits per heavy atom. The molecule has 2 heterocycles. The van der Waals surface area contributed by atoms with E-state index in [9.17, 15) is 4.79 Å². The molecular weight excluding hydrogens is 282 g/mol. The average Bonchev–Trinajstić information content (AvgIpc) is 2.93. The number of hydrogen-bond donors (Lipinski definition) is 1. The van der Waals surface area contributed by atoms with Crippen LogP contribution >= 0.6 is 12.4 Å². The van der Waals surface area contributed by atoms with Crippen LogP contribution in [0.4, 0.5) is 0 Å². The van der Waals surface area contributed by atoms with Crippen LogP contribution in [0.25, 0.3) is 0 Å². The summed E-state index contributed by atoms with van der Waals surface area (Å²) in [7, 11) is 0. The molecule has 1 aromatic carbocycles. The van der Waals surface area contributed by atoms with Crippen LogP contribution in [0.15, 0.2) is 18.2 Å². The number of nitrogens with one attached hydrogen (secondary N) is 1. The van der Waals surface area contributed by atoms with Crippen LogP contribution < -0.4 is 14.8 Å². The second kappa shape index (κ2) is 6.81. The molecule has 1 saturated heterocycles. The lowest BCUT2D eigenvalue weighted by atomic mass is 9.99. The summed E-state index contributed by atoms with van der Waals surface area (Å²) in [5.41, 5.74) is 0.512. The second-order valence-corrected chi connectivity index (χ2v) is 4.86. The average molecular weight is 300 g/mol. The van der Waals surface area contributed by atoms with Crippen molar-refractivity contribution in [1.82, 2.24) is 5.32 Å². The number of carbonyl (C=O) groups is 1. The van der Waals surface area contributed by atoms with Gasteiger partial charge in [0.2, 0.25) is 6.79 Å². The summed E-state index contributed by atoms with van der Waals surface area (Å²) in [4.78, 5) is 12.0. The smallest absolute Gasteiger partial charge is 0.338 e. The molecule has 0 aromatic heterocycles. The number of halogens is 1. The van der Waals surface area contributed by atoms with Gasteiger partial charge in [0.1, 0.15) is 0 Å². The Bertz CT molecular complexity index is 474. The zero-order valence-electron chi connectivity index (χ0n) is 11.1. The molecular formula is C14H18ClNO4. The largest absolute Gasteiger partial charge is 0.462 e. The molecule has 0 bridgehead atoms. The Morgan fingerprint density at radius 2 is 2.00 bits per heavy atom. The van der Waals surface area contributed by atoms with Gasteiger partial charge in [0.25, 0.3) is 0 Å². The van der Waals surface area contributed by atoms with Crippen molar-refractivity contribution in [2.75, 3.05) is 26.5 Å². The Kier molecular flexibility index (Phi) is 5.09. The third-order valence-corrected chi connectivity index (χ3v) is 3.52. The predicted octanol–water partition coefficient (Wildman–Crippen LogP) is 1.99. The van der Waals surface area contributed by atoms with E-state index in [4.69, 9.17) is 14.2 Å². The highest BCUT2D eigenvalue weighted by Crippen LogP contribution is 2.32. The molecule has 0 saturated carbocycles. The van der Waals surface area contributed by atoms with Crippen LogP contribution in [0, 0.1) is 5.92 Å². The van der Waals surface area contributed by atoms with Gasteiger partial charge < -0.3 is 19.5 Å². The highest BCUT2D eigenvalue weighted by atomic mass is 35.5. The van der Waals surface area contributed by atoms with E-state index in [2.05, 4.69) is 5.32 Å². The van der Waals surface area contributed by atoms with E-state index >= 15 is 0 Å². The molecule has 5 nitrogen and oxygen atoms in total. The number of rotatable bonds is 3. The minimum atomic E-state index is -0.295. The lowest BCUT2D eigenvalue weighted by Crippen LogP contribution is -2.30. The third-order valence-electron chi connectivity index (χ3n) is 3.52. The van der Waals surface area contributed by atoms with Gasteiger partial charge in [-0.3, -0.25) is 0 Å². The Balaban J connectivity index is 0.00000147. The first kappa shape index (κ1) is 14.9. The van der Waals surface area contributed by atoms with Gasteiger partial charge in [-0.25, -0.2) is 4.79 Å². The second-order valence-electron chi connectivity index (χ2n) is 4.86. The van der Waals surface area contributed by atoms with Crippen LogP contribution in [-0.2, 0) is 4.74 Å². The van der Waals surface area contributed by atoms with Crippen molar-refractivity contribution in [2.45, 2.75) is 12.8 Å². The standard InChI is InChI=1S/C14H17NO4.ClH/c16-14(17-8-10-3-5-15-6-4-10)11-1-2-12-13(7-11)19-9-18-12;/h1-2,7,10,15H,3-6,8-9H2;1H. The molecule has 0 spiro atoms. The van der Waals surface area contributed by atoms with Gasteiger partial charge in [0.05, 0.1) is 12.2 Å². The molecule has 2 aliphatic heterocycles. The van der Waals surface area contributed by atoms with Crippen molar-refractivity contribution in [2.24, 2.45) is 5.92 Å². The maximum atomic E-state index is 12.0. The maximum Gasteiger partial charge on any atom is 0.338 e. The monoisotopic (exact) mass is 299 g/mol. The van der Waals surface area contributed by atoms with Gasteiger partial charge in [-0.05, 0) is 50.0 Å². The van der Waals surface area contributed by atoms with Crippen molar-refractivity contribution in [3.8, 4) is 11.5 Å². The number of piperidine rings is 1. The third kappa shape index (κ3) is 3.35. The first-order valence-corrected chi connectivity index (χ1v) is 6.60. The SMILES string of the molecule is Cl.O=C(OCC1CCNCC1)c1ccc2c(c1)OCO2. The molecule has 0 aliphatic carbocycles. The van der Waals surface area contributed by atoms with Gasteiger partial charge in [-0.2, -0.15) is 0 Å². The van der Waals surface area contributed by atoms with Gasteiger partial charge in [0, 0.05) is 0 Å². The minimum Gasteiger partial charge on any atom is -0.462 e. The molecule has 3 rings (SSSR count). The van der Waals surface area contributed by atoms with E-state index in [1.807, 2.05) is 0 Å². The highest BCUT2D eigenvalue weighted by Gasteiger charge is 2.19. The van der Waals surface area contributed by atoms with Crippen molar-refractivity contribution in [3.05, 3.63) is 23.8 Å². The van der Waals surface area contributed by atoms with Crippen molar-refractivity contribution < 1.29 is 19.0 Å². The number of benzene rings is 1. The molecule has 1 N–H and O–H groups in total.